The first-order valence-corrected chi connectivity index (χ1v) is 13.3. The van der Waals surface area contributed by atoms with Crippen molar-refractivity contribution in [1.82, 2.24) is 9.97 Å². The van der Waals surface area contributed by atoms with E-state index in [4.69, 9.17) is 9.40 Å². The SMILES string of the molecule is Brc1ccc(-c2cnc3c(ccc4cccnc43)c2)cc1-c1cccc2oc3c4ccccc4ccc3c12. The van der Waals surface area contributed by atoms with E-state index in [1.54, 1.807) is 0 Å². The number of hydrogen-bond donors (Lipinski definition) is 0. The largest absolute Gasteiger partial charge is 0.455 e. The Bertz CT molecular complexity index is 2210. The van der Waals surface area contributed by atoms with Crippen molar-refractivity contribution in [1.29, 1.82) is 0 Å². The van der Waals surface area contributed by atoms with Gasteiger partial charge in [-0.2, -0.15) is 0 Å². The number of pyridine rings is 2. The van der Waals surface area contributed by atoms with Crippen molar-refractivity contribution in [3.63, 3.8) is 0 Å². The summed E-state index contributed by atoms with van der Waals surface area (Å²) in [5.41, 5.74) is 8.09. The van der Waals surface area contributed by atoms with E-state index in [0.717, 1.165) is 75.9 Å². The summed E-state index contributed by atoms with van der Waals surface area (Å²) in [7, 11) is 0. The predicted molar refractivity (Wildman–Crippen MR) is 160 cm³/mol. The number of fused-ring (bicyclic) bond motifs is 8. The van der Waals surface area contributed by atoms with Gasteiger partial charge in [0.05, 0.1) is 11.0 Å². The molecule has 8 rings (SSSR count). The van der Waals surface area contributed by atoms with Gasteiger partial charge in [-0.25, -0.2) is 0 Å². The van der Waals surface area contributed by atoms with Crippen molar-refractivity contribution in [3.05, 3.63) is 120 Å². The first kappa shape index (κ1) is 21.5. The van der Waals surface area contributed by atoms with Gasteiger partial charge >= 0.3 is 0 Å². The van der Waals surface area contributed by atoms with Gasteiger partial charge in [0.25, 0.3) is 0 Å². The van der Waals surface area contributed by atoms with Crippen LogP contribution in [0.1, 0.15) is 0 Å². The van der Waals surface area contributed by atoms with Crippen LogP contribution in [0.25, 0.3) is 76.8 Å². The lowest BCUT2D eigenvalue weighted by Crippen LogP contribution is -1.88. The molecule has 3 aromatic heterocycles. The standard InChI is InChI=1S/C34H19BrN2O/c35-29-15-13-22(24-17-23-11-10-21-6-4-16-36-32(21)33(23)37-19-24)18-28(29)26-8-3-9-30-31(26)27-14-12-20-5-1-2-7-25(20)34(27)38-30/h1-19H. The number of benzene rings is 5. The Kier molecular flexibility index (Phi) is 4.67. The molecule has 0 radical (unpaired) electrons. The molecule has 3 heterocycles. The molecule has 0 saturated heterocycles. The van der Waals surface area contributed by atoms with E-state index in [1.807, 2.05) is 18.5 Å². The van der Waals surface area contributed by atoms with Crippen LogP contribution in [0.2, 0.25) is 0 Å². The van der Waals surface area contributed by atoms with Crippen molar-refractivity contribution < 1.29 is 4.42 Å². The average molecular weight is 551 g/mol. The van der Waals surface area contributed by atoms with E-state index in [0.29, 0.717) is 0 Å². The molecule has 0 fully saturated rings. The molecule has 4 heteroatoms. The van der Waals surface area contributed by atoms with Gasteiger partial charge in [-0.3, -0.25) is 9.97 Å². The number of rotatable bonds is 2. The van der Waals surface area contributed by atoms with Crippen LogP contribution in [0, 0.1) is 0 Å². The normalized spacial score (nSPS) is 11.8. The lowest BCUT2D eigenvalue weighted by Gasteiger charge is -2.11. The van der Waals surface area contributed by atoms with Crippen LogP contribution in [-0.2, 0) is 0 Å². The summed E-state index contributed by atoms with van der Waals surface area (Å²) in [5, 5.41) is 6.73. The first-order valence-electron chi connectivity index (χ1n) is 12.5. The molecule has 5 aromatic carbocycles. The lowest BCUT2D eigenvalue weighted by molar-refractivity contribution is 0.673. The number of hydrogen-bond acceptors (Lipinski definition) is 3. The highest BCUT2D eigenvalue weighted by Gasteiger charge is 2.17. The second-order valence-corrected chi connectivity index (χ2v) is 10.4. The summed E-state index contributed by atoms with van der Waals surface area (Å²) in [4.78, 5) is 9.40. The van der Waals surface area contributed by atoms with Crippen LogP contribution >= 0.6 is 15.9 Å². The topological polar surface area (TPSA) is 38.9 Å². The van der Waals surface area contributed by atoms with Crippen LogP contribution < -0.4 is 0 Å². The molecule has 0 amide bonds. The van der Waals surface area contributed by atoms with Crippen molar-refractivity contribution in [2.45, 2.75) is 0 Å². The number of furan rings is 1. The zero-order chi connectivity index (χ0) is 25.2. The molecule has 178 valence electrons. The van der Waals surface area contributed by atoms with E-state index in [-0.39, 0.29) is 0 Å². The third kappa shape index (κ3) is 3.20. The maximum atomic E-state index is 6.43. The highest BCUT2D eigenvalue weighted by Crippen LogP contribution is 2.42. The second-order valence-electron chi connectivity index (χ2n) is 9.58. The van der Waals surface area contributed by atoms with Gasteiger partial charge < -0.3 is 4.42 Å². The Morgan fingerprint density at radius 3 is 2.39 bits per heavy atom. The lowest BCUT2D eigenvalue weighted by atomic mass is 9.95. The Morgan fingerprint density at radius 2 is 1.42 bits per heavy atom. The fourth-order valence-electron chi connectivity index (χ4n) is 5.58. The highest BCUT2D eigenvalue weighted by atomic mass is 79.9. The number of aromatic nitrogens is 2. The molecule has 0 unspecified atom stereocenters. The first-order chi connectivity index (χ1) is 18.7. The summed E-state index contributed by atoms with van der Waals surface area (Å²) in [6.45, 7) is 0. The molecule has 3 nitrogen and oxygen atoms in total. The minimum atomic E-state index is 0.887. The third-order valence-electron chi connectivity index (χ3n) is 7.40. The van der Waals surface area contributed by atoms with Gasteiger partial charge in [0.1, 0.15) is 11.2 Å². The van der Waals surface area contributed by atoms with Gasteiger partial charge in [0, 0.05) is 49.4 Å². The fraction of sp³-hybridized carbons (Fsp3) is 0. The molecule has 0 spiro atoms. The van der Waals surface area contributed by atoms with E-state index in [9.17, 15) is 0 Å². The Labute approximate surface area is 226 Å². The maximum Gasteiger partial charge on any atom is 0.143 e. The van der Waals surface area contributed by atoms with Crippen molar-refractivity contribution in [2.75, 3.05) is 0 Å². The average Bonchev–Trinajstić information content (AvgIpc) is 3.37. The summed E-state index contributed by atoms with van der Waals surface area (Å²) in [5.74, 6) is 0. The van der Waals surface area contributed by atoms with E-state index in [2.05, 4.69) is 118 Å². The molecule has 0 aliphatic heterocycles. The van der Waals surface area contributed by atoms with Gasteiger partial charge in [-0.05, 0) is 58.5 Å². The molecule has 0 saturated carbocycles. The van der Waals surface area contributed by atoms with Crippen molar-refractivity contribution >= 4 is 70.4 Å². The van der Waals surface area contributed by atoms with Crippen molar-refractivity contribution in [2.24, 2.45) is 0 Å². The van der Waals surface area contributed by atoms with Crippen LogP contribution in [0.4, 0.5) is 0 Å². The zero-order valence-electron chi connectivity index (χ0n) is 20.2. The molecule has 0 bridgehead atoms. The van der Waals surface area contributed by atoms with Crippen molar-refractivity contribution in [3.8, 4) is 22.3 Å². The number of halogens is 1. The Morgan fingerprint density at radius 1 is 0.579 bits per heavy atom. The van der Waals surface area contributed by atoms with E-state index < -0.39 is 0 Å². The Balaban J connectivity index is 1.33. The van der Waals surface area contributed by atoms with Gasteiger partial charge in [-0.1, -0.05) is 82.7 Å². The summed E-state index contributed by atoms with van der Waals surface area (Å²) in [6.07, 6.45) is 3.77. The molecule has 0 aliphatic rings. The van der Waals surface area contributed by atoms with Crippen LogP contribution in [-0.4, -0.2) is 9.97 Å². The summed E-state index contributed by atoms with van der Waals surface area (Å²) >= 11 is 3.83. The van der Waals surface area contributed by atoms with E-state index in [1.165, 1.54) is 5.39 Å². The minimum Gasteiger partial charge on any atom is -0.455 e. The van der Waals surface area contributed by atoms with E-state index >= 15 is 0 Å². The van der Waals surface area contributed by atoms with Crippen LogP contribution in [0.15, 0.2) is 124 Å². The minimum absolute atomic E-state index is 0.887. The van der Waals surface area contributed by atoms with Gasteiger partial charge in [0.2, 0.25) is 0 Å². The Hall–Kier alpha value is -4.54. The summed E-state index contributed by atoms with van der Waals surface area (Å²) < 4.78 is 7.47. The molecular formula is C34H19BrN2O. The fourth-order valence-corrected chi connectivity index (χ4v) is 6.04. The molecule has 0 atom stereocenters. The smallest absolute Gasteiger partial charge is 0.143 e. The summed E-state index contributed by atoms with van der Waals surface area (Å²) in [6, 6.07) is 36.0. The van der Waals surface area contributed by atoms with Crippen LogP contribution in [0.3, 0.4) is 0 Å². The molecule has 0 aliphatic carbocycles. The maximum absolute atomic E-state index is 6.43. The third-order valence-corrected chi connectivity index (χ3v) is 8.09. The zero-order valence-corrected chi connectivity index (χ0v) is 21.7. The monoisotopic (exact) mass is 550 g/mol. The molecule has 38 heavy (non-hydrogen) atoms. The molecule has 8 aromatic rings. The second kappa shape index (κ2) is 8.23. The van der Waals surface area contributed by atoms with Gasteiger partial charge in [0.15, 0.2) is 0 Å². The molecular weight excluding hydrogens is 532 g/mol. The van der Waals surface area contributed by atoms with Crippen LogP contribution in [0.5, 0.6) is 0 Å². The van der Waals surface area contributed by atoms with Gasteiger partial charge in [-0.15, -0.1) is 0 Å². The quantitative estimate of drug-likeness (QED) is 0.201. The molecule has 0 N–H and O–H groups in total. The number of nitrogens with zero attached hydrogens (tertiary/aromatic N) is 2. The highest BCUT2D eigenvalue weighted by molar-refractivity contribution is 9.10. The predicted octanol–water partition coefficient (Wildman–Crippen LogP) is 9.93.